The summed E-state index contributed by atoms with van der Waals surface area (Å²) < 4.78 is 0. The molecule has 0 aliphatic rings. The van der Waals surface area contributed by atoms with Crippen LogP contribution < -0.4 is 11.3 Å². The number of aliphatic hydroxyl groups excluding tert-OH is 1. The normalized spacial score (nSPS) is 10.1. The fourth-order valence-corrected chi connectivity index (χ4v) is 1.24. The molecule has 0 aliphatic carbocycles. The molecule has 0 aliphatic heterocycles. The molecule has 0 radical (unpaired) electrons. The predicted molar refractivity (Wildman–Crippen MR) is 54.0 cm³/mol. The first kappa shape index (κ1) is 10.5. The molecule has 1 aromatic rings. The number of rotatable bonds is 4. The van der Waals surface area contributed by atoms with Gasteiger partial charge in [0.1, 0.15) is 0 Å². The first-order valence-corrected chi connectivity index (χ1v) is 4.28. The first-order valence-electron chi connectivity index (χ1n) is 4.28. The van der Waals surface area contributed by atoms with Gasteiger partial charge in [-0.05, 0) is 0 Å². The number of H-pyrrole nitrogens is 1. The monoisotopic (exact) mass is 195 g/mol. The Morgan fingerprint density at radius 2 is 2.36 bits per heavy atom. The standard InChI is InChI=1S/C9H13N3O2/c1-2-3-7-6(4-5-13)8(14)12-9(10)11-7/h2,13H,1,3-5H2,(H3,10,11,12,14). The lowest BCUT2D eigenvalue weighted by Crippen LogP contribution is -2.20. The van der Waals surface area contributed by atoms with E-state index in [1.54, 1.807) is 6.08 Å². The maximum absolute atomic E-state index is 11.4. The van der Waals surface area contributed by atoms with E-state index in [2.05, 4.69) is 16.5 Å². The Morgan fingerprint density at radius 1 is 1.64 bits per heavy atom. The zero-order valence-electron chi connectivity index (χ0n) is 7.79. The fourth-order valence-electron chi connectivity index (χ4n) is 1.24. The van der Waals surface area contributed by atoms with Crippen molar-refractivity contribution in [1.29, 1.82) is 0 Å². The number of aliphatic hydroxyl groups is 1. The van der Waals surface area contributed by atoms with Gasteiger partial charge in [0, 0.05) is 25.0 Å². The number of aromatic amines is 1. The van der Waals surface area contributed by atoms with Crippen LogP contribution in [-0.2, 0) is 12.8 Å². The summed E-state index contributed by atoms with van der Waals surface area (Å²) in [6.07, 6.45) is 2.40. The van der Waals surface area contributed by atoms with Gasteiger partial charge in [-0.25, -0.2) is 4.98 Å². The van der Waals surface area contributed by atoms with E-state index in [1.165, 1.54) is 0 Å². The van der Waals surface area contributed by atoms with Crippen molar-refractivity contribution >= 4 is 5.95 Å². The summed E-state index contributed by atoms with van der Waals surface area (Å²) >= 11 is 0. The SMILES string of the molecule is C=CCc1nc(N)[nH]c(=O)c1CCO. The van der Waals surface area contributed by atoms with Crippen molar-refractivity contribution in [3.05, 3.63) is 34.3 Å². The molecule has 0 atom stereocenters. The van der Waals surface area contributed by atoms with E-state index in [4.69, 9.17) is 10.8 Å². The summed E-state index contributed by atoms with van der Waals surface area (Å²) in [6.45, 7) is 3.48. The van der Waals surface area contributed by atoms with E-state index in [1.807, 2.05) is 0 Å². The Bertz CT molecular complexity index is 384. The van der Waals surface area contributed by atoms with E-state index < -0.39 is 0 Å². The molecule has 0 bridgehead atoms. The van der Waals surface area contributed by atoms with E-state index in [-0.39, 0.29) is 24.5 Å². The minimum atomic E-state index is -0.289. The summed E-state index contributed by atoms with van der Waals surface area (Å²) in [6, 6.07) is 0. The first-order chi connectivity index (χ1) is 6.69. The molecule has 14 heavy (non-hydrogen) atoms. The molecule has 76 valence electrons. The molecule has 1 aromatic heterocycles. The molecular weight excluding hydrogens is 182 g/mol. The molecule has 1 heterocycles. The Labute approximate surface area is 81.3 Å². The maximum Gasteiger partial charge on any atom is 0.255 e. The third-order valence-electron chi connectivity index (χ3n) is 1.82. The molecule has 0 aromatic carbocycles. The lowest BCUT2D eigenvalue weighted by molar-refractivity contribution is 0.298. The third kappa shape index (κ3) is 2.20. The predicted octanol–water partition coefficient (Wildman–Crippen LogP) is -0.385. The highest BCUT2D eigenvalue weighted by Crippen LogP contribution is 2.04. The quantitative estimate of drug-likeness (QED) is 0.571. The van der Waals surface area contributed by atoms with Crippen LogP contribution in [0.2, 0.25) is 0 Å². The summed E-state index contributed by atoms with van der Waals surface area (Å²) in [5, 5.41) is 8.77. The summed E-state index contributed by atoms with van der Waals surface area (Å²) in [7, 11) is 0. The van der Waals surface area contributed by atoms with E-state index in [9.17, 15) is 4.79 Å². The molecule has 1 rings (SSSR count). The van der Waals surface area contributed by atoms with Gasteiger partial charge in [-0.2, -0.15) is 0 Å². The number of hydrogen-bond acceptors (Lipinski definition) is 4. The van der Waals surface area contributed by atoms with E-state index in [0.717, 1.165) is 0 Å². The molecule has 4 N–H and O–H groups in total. The lowest BCUT2D eigenvalue weighted by Gasteiger charge is -2.04. The van der Waals surface area contributed by atoms with Crippen molar-refractivity contribution in [2.24, 2.45) is 0 Å². The van der Waals surface area contributed by atoms with Gasteiger partial charge < -0.3 is 10.8 Å². The molecule has 5 nitrogen and oxygen atoms in total. The van der Waals surface area contributed by atoms with Gasteiger partial charge in [0.05, 0.1) is 5.69 Å². The van der Waals surface area contributed by atoms with Gasteiger partial charge in [0.15, 0.2) is 0 Å². The Morgan fingerprint density at radius 3 is 2.93 bits per heavy atom. The average Bonchev–Trinajstić information content (AvgIpc) is 2.11. The van der Waals surface area contributed by atoms with Gasteiger partial charge in [-0.15, -0.1) is 6.58 Å². The molecule has 0 unspecified atom stereocenters. The number of nitrogens with two attached hydrogens (primary N) is 1. The van der Waals surface area contributed by atoms with Gasteiger partial charge in [-0.3, -0.25) is 9.78 Å². The highest BCUT2D eigenvalue weighted by atomic mass is 16.3. The van der Waals surface area contributed by atoms with Gasteiger partial charge >= 0.3 is 0 Å². The summed E-state index contributed by atoms with van der Waals surface area (Å²) in [5.74, 6) is 0.0912. The van der Waals surface area contributed by atoms with Crippen LogP contribution in [-0.4, -0.2) is 21.7 Å². The van der Waals surface area contributed by atoms with Crippen LogP contribution in [0.1, 0.15) is 11.3 Å². The third-order valence-corrected chi connectivity index (χ3v) is 1.82. The molecule has 0 saturated heterocycles. The second-order valence-corrected chi connectivity index (χ2v) is 2.84. The van der Waals surface area contributed by atoms with Crippen molar-refractivity contribution in [3.63, 3.8) is 0 Å². The van der Waals surface area contributed by atoms with Crippen molar-refractivity contribution in [2.45, 2.75) is 12.8 Å². The Balaban J connectivity index is 3.21. The van der Waals surface area contributed by atoms with Crippen molar-refractivity contribution in [2.75, 3.05) is 12.3 Å². The molecule has 0 fully saturated rings. The van der Waals surface area contributed by atoms with Crippen LogP contribution >= 0.6 is 0 Å². The lowest BCUT2D eigenvalue weighted by atomic mass is 10.1. The molecule has 5 heteroatoms. The van der Waals surface area contributed by atoms with Crippen LogP contribution in [0.4, 0.5) is 5.95 Å². The number of anilines is 1. The fraction of sp³-hybridized carbons (Fsp3) is 0.333. The van der Waals surface area contributed by atoms with Gasteiger partial charge in [0.2, 0.25) is 5.95 Å². The summed E-state index contributed by atoms with van der Waals surface area (Å²) in [4.78, 5) is 17.8. The number of nitrogens with zero attached hydrogens (tertiary/aromatic N) is 1. The van der Waals surface area contributed by atoms with Gasteiger partial charge in [0.25, 0.3) is 5.56 Å². The van der Waals surface area contributed by atoms with Crippen LogP contribution in [0, 0.1) is 0 Å². The minimum Gasteiger partial charge on any atom is -0.396 e. The van der Waals surface area contributed by atoms with E-state index in [0.29, 0.717) is 17.7 Å². The highest BCUT2D eigenvalue weighted by Gasteiger charge is 2.08. The Hall–Kier alpha value is -1.62. The zero-order valence-corrected chi connectivity index (χ0v) is 7.79. The second kappa shape index (κ2) is 4.57. The minimum absolute atomic E-state index is 0.0845. The largest absolute Gasteiger partial charge is 0.396 e. The zero-order chi connectivity index (χ0) is 10.6. The number of allylic oxidation sites excluding steroid dienone is 1. The topological polar surface area (TPSA) is 92.0 Å². The average molecular weight is 195 g/mol. The Kier molecular flexibility index (Phi) is 3.41. The molecule has 0 spiro atoms. The van der Waals surface area contributed by atoms with Gasteiger partial charge in [-0.1, -0.05) is 6.08 Å². The van der Waals surface area contributed by atoms with E-state index >= 15 is 0 Å². The molecule has 0 amide bonds. The van der Waals surface area contributed by atoms with Crippen LogP contribution in [0.5, 0.6) is 0 Å². The number of hydrogen-bond donors (Lipinski definition) is 3. The van der Waals surface area contributed by atoms with Crippen LogP contribution in [0.25, 0.3) is 0 Å². The number of nitrogen functional groups attached to an aromatic ring is 1. The number of nitrogens with one attached hydrogen (secondary N) is 1. The maximum atomic E-state index is 11.4. The van der Waals surface area contributed by atoms with Crippen molar-refractivity contribution in [1.82, 2.24) is 9.97 Å². The number of aromatic nitrogens is 2. The molecular formula is C9H13N3O2. The summed E-state index contributed by atoms with van der Waals surface area (Å²) in [5.41, 5.74) is 6.16. The van der Waals surface area contributed by atoms with Crippen LogP contribution in [0.15, 0.2) is 17.4 Å². The van der Waals surface area contributed by atoms with Crippen molar-refractivity contribution < 1.29 is 5.11 Å². The van der Waals surface area contributed by atoms with Crippen molar-refractivity contribution in [3.8, 4) is 0 Å². The molecule has 0 saturated carbocycles. The second-order valence-electron chi connectivity index (χ2n) is 2.84. The smallest absolute Gasteiger partial charge is 0.255 e. The van der Waals surface area contributed by atoms with Crippen LogP contribution in [0.3, 0.4) is 0 Å². The highest BCUT2D eigenvalue weighted by molar-refractivity contribution is 5.26.